The van der Waals surface area contributed by atoms with Gasteiger partial charge in [0.2, 0.25) is 0 Å². The first kappa shape index (κ1) is 51.4. The van der Waals surface area contributed by atoms with Crippen LogP contribution in [0.25, 0.3) is 0 Å². The van der Waals surface area contributed by atoms with Gasteiger partial charge >= 0.3 is 0 Å². The molecule has 0 aliphatic carbocycles. The monoisotopic (exact) mass is 830 g/mol. The van der Waals surface area contributed by atoms with Crippen molar-refractivity contribution in [2.24, 2.45) is 0 Å². The Morgan fingerprint density at radius 3 is 0.982 bits per heavy atom. The lowest BCUT2D eigenvalue weighted by Crippen LogP contribution is -2.26. The molecule has 56 heavy (non-hydrogen) atoms. The number of carboxylic acid groups (broad SMARTS) is 2. The van der Waals surface area contributed by atoms with E-state index in [1.165, 1.54) is 126 Å². The van der Waals surface area contributed by atoms with E-state index in [1.807, 2.05) is 0 Å². The molecular formula is C46H72O7P2S. The highest BCUT2D eigenvalue weighted by Gasteiger charge is 2.36. The molecule has 0 saturated carbocycles. The third-order valence-corrected chi connectivity index (χ3v) is 20.8. The number of carbonyl (C=O) groups excluding carboxylic acids is 2. The van der Waals surface area contributed by atoms with Crippen LogP contribution in [0.3, 0.4) is 0 Å². The molecule has 3 rings (SSSR count). The number of carboxylic acids is 2. The maximum Gasteiger partial charge on any atom is 0.294 e. The molecule has 0 aliphatic heterocycles. The molecule has 0 amide bonds. The Hall–Kier alpha value is -2.63. The molecule has 0 bridgehead atoms. The minimum Gasteiger partial charge on any atom is -0.545 e. The molecule has 7 nitrogen and oxygen atoms in total. The first-order valence-corrected chi connectivity index (χ1v) is 27.6. The van der Waals surface area contributed by atoms with E-state index in [4.69, 9.17) is 4.55 Å². The zero-order chi connectivity index (χ0) is 41.9. The van der Waals surface area contributed by atoms with Crippen molar-refractivity contribution in [1.29, 1.82) is 0 Å². The first-order chi connectivity index (χ1) is 26.7. The molecule has 0 aromatic heterocycles. The molecule has 1 N–H and O–H groups in total. The fraction of sp³-hybridized carbons (Fsp3) is 0.565. The van der Waals surface area contributed by atoms with Crippen molar-refractivity contribution < 1.29 is 32.8 Å². The summed E-state index contributed by atoms with van der Waals surface area (Å²) in [5.74, 6) is -3.54. The second kappa shape index (κ2) is 28.7. The predicted molar refractivity (Wildman–Crippen MR) is 238 cm³/mol. The second-order valence-electron chi connectivity index (χ2n) is 15.2. The summed E-state index contributed by atoms with van der Waals surface area (Å²) >= 11 is 0. The average molecular weight is 831 g/mol. The number of hydrogen-bond donors (Lipinski definition) is 1. The maximum atomic E-state index is 10.7. The highest BCUT2D eigenvalue weighted by molar-refractivity contribution is 7.85. The molecule has 0 saturated heterocycles. The standard InChI is InChI=1S/2C19H34P.C8H6O7S/c2*1-4-7-15-20(16-8-5-2,17-9-6-3)18-19-13-11-10-12-14-19;9-7(10)4-1-5(8(11)12)3-6(2-4)16(13,14)15/h2*10-14H,4-9,15-18H2,1-3H3;1-3H,(H,9,10)(H,11,12)(H,13,14,15)/q2*+1;/p-2. The summed E-state index contributed by atoms with van der Waals surface area (Å²) in [6.45, 7) is 14.1. The molecule has 0 aliphatic rings. The fourth-order valence-corrected chi connectivity index (χ4v) is 17.8. The van der Waals surface area contributed by atoms with Gasteiger partial charge in [-0.15, -0.1) is 0 Å². The van der Waals surface area contributed by atoms with Crippen LogP contribution in [-0.4, -0.2) is 61.9 Å². The average Bonchev–Trinajstić information content (AvgIpc) is 3.19. The summed E-state index contributed by atoms with van der Waals surface area (Å²) in [5, 5.41) is 20.9. The normalized spacial score (nSPS) is 11.6. The molecule has 0 atom stereocenters. The Labute approximate surface area is 341 Å². The van der Waals surface area contributed by atoms with Crippen molar-refractivity contribution in [3.63, 3.8) is 0 Å². The van der Waals surface area contributed by atoms with Crippen molar-refractivity contribution in [2.45, 2.75) is 136 Å². The van der Waals surface area contributed by atoms with Crippen molar-refractivity contribution in [3.8, 4) is 0 Å². The van der Waals surface area contributed by atoms with Crippen molar-refractivity contribution in [3.05, 3.63) is 101 Å². The van der Waals surface area contributed by atoms with Crippen LogP contribution >= 0.6 is 14.5 Å². The highest BCUT2D eigenvalue weighted by atomic mass is 32.2. The van der Waals surface area contributed by atoms with Gasteiger partial charge in [-0.25, -0.2) is 0 Å². The summed E-state index contributed by atoms with van der Waals surface area (Å²) in [6.07, 6.45) is 28.7. The Morgan fingerprint density at radius 1 is 0.500 bits per heavy atom. The largest absolute Gasteiger partial charge is 0.545 e. The molecule has 0 radical (unpaired) electrons. The Morgan fingerprint density at radius 2 is 0.768 bits per heavy atom. The number of benzene rings is 3. The highest BCUT2D eigenvalue weighted by Crippen LogP contribution is 2.64. The van der Waals surface area contributed by atoms with Crippen LogP contribution in [0.4, 0.5) is 0 Å². The van der Waals surface area contributed by atoms with Crippen molar-refractivity contribution >= 4 is 36.6 Å². The van der Waals surface area contributed by atoms with Crippen LogP contribution in [0.2, 0.25) is 0 Å². The quantitative estimate of drug-likeness (QED) is 0.0663. The van der Waals surface area contributed by atoms with Crippen LogP contribution in [-0.2, 0) is 22.4 Å². The maximum absolute atomic E-state index is 10.7. The lowest BCUT2D eigenvalue weighted by Gasteiger charge is -2.28. The zero-order valence-electron chi connectivity index (χ0n) is 35.3. The van der Waals surface area contributed by atoms with Gasteiger partial charge in [0.05, 0.1) is 66.1 Å². The van der Waals surface area contributed by atoms with Gasteiger partial charge < -0.3 is 19.8 Å². The number of carbonyl (C=O) groups is 2. The number of hydrogen-bond acceptors (Lipinski definition) is 6. The topological polar surface area (TPSA) is 135 Å². The SMILES string of the molecule is CCCC[P+](CCCC)(CCCC)Cc1ccccc1.CCCC[P+](CCCC)(CCCC)Cc1ccccc1.O=C([O-])c1cc(C(=O)[O-])cc(S(=O)(=O)O)c1. The minimum atomic E-state index is -4.70. The summed E-state index contributed by atoms with van der Waals surface area (Å²) in [5.41, 5.74) is 1.80. The van der Waals surface area contributed by atoms with Gasteiger partial charge in [0.1, 0.15) is 0 Å². The number of rotatable bonds is 25. The lowest BCUT2D eigenvalue weighted by molar-refractivity contribution is -0.255. The van der Waals surface area contributed by atoms with Crippen molar-refractivity contribution in [2.75, 3.05) is 37.0 Å². The number of unbranched alkanes of at least 4 members (excludes halogenated alkanes) is 6. The van der Waals surface area contributed by atoms with Crippen molar-refractivity contribution in [1.82, 2.24) is 0 Å². The summed E-state index contributed by atoms with van der Waals surface area (Å²) in [4.78, 5) is 20.1. The van der Waals surface area contributed by atoms with Gasteiger partial charge in [-0.2, -0.15) is 8.42 Å². The molecule has 0 heterocycles. The van der Waals surface area contributed by atoms with Gasteiger partial charge in [-0.1, -0.05) is 141 Å². The summed E-state index contributed by atoms with van der Waals surface area (Å²) in [6, 6.07) is 24.4. The molecule has 10 heteroatoms. The minimum absolute atomic E-state index is 0.580. The molecule has 3 aromatic rings. The molecule has 314 valence electrons. The van der Waals surface area contributed by atoms with Crippen LogP contribution in [0.15, 0.2) is 83.8 Å². The number of aromatic carboxylic acids is 2. The molecule has 3 aromatic carbocycles. The Balaban J connectivity index is 0.000000423. The summed E-state index contributed by atoms with van der Waals surface area (Å²) in [7, 11) is -6.23. The van der Waals surface area contributed by atoms with E-state index >= 15 is 0 Å². The van der Waals surface area contributed by atoms with E-state index in [-0.39, 0.29) is 0 Å². The van der Waals surface area contributed by atoms with E-state index in [0.29, 0.717) is 18.2 Å². The van der Waals surface area contributed by atoms with Crippen LogP contribution < -0.4 is 10.2 Å². The van der Waals surface area contributed by atoms with Crippen LogP contribution in [0, 0.1) is 0 Å². The van der Waals surface area contributed by atoms with Gasteiger partial charge in [-0.05, 0) is 79.0 Å². The molecule has 0 spiro atoms. The van der Waals surface area contributed by atoms with Gasteiger partial charge in [-0.3, -0.25) is 4.55 Å². The van der Waals surface area contributed by atoms with E-state index in [0.717, 1.165) is 0 Å². The Bertz CT molecular complexity index is 1470. The van der Waals surface area contributed by atoms with E-state index in [9.17, 15) is 28.2 Å². The summed E-state index contributed by atoms with van der Waals surface area (Å²) < 4.78 is 30.1. The van der Waals surface area contributed by atoms with E-state index in [1.54, 1.807) is 11.1 Å². The lowest BCUT2D eigenvalue weighted by atomic mass is 10.1. The Kier molecular flexibility index (Phi) is 26.4. The third-order valence-electron chi connectivity index (χ3n) is 10.3. The van der Waals surface area contributed by atoms with E-state index in [2.05, 4.69) is 102 Å². The van der Waals surface area contributed by atoms with E-state index < -0.39 is 52.6 Å². The van der Waals surface area contributed by atoms with Crippen LogP contribution in [0.5, 0.6) is 0 Å². The molecule has 0 fully saturated rings. The van der Waals surface area contributed by atoms with Gasteiger partial charge in [0.25, 0.3) is 10.1 Å². The molecule has 0 unspecified atom stereocenters. The predicted octanol–water partition coefficient (Wildman–Crippen LogP) is 10.9. The third kappa shape index (κ3) is 20.7. The molecular weight excluding hydrogens is 759 g/mol. The zero-order valence-corrected chi connectivity index (χ0v) is 38.0. The van der Waals surface area contributed by atoms with Gasteiger partial charge in [0, 0.05) is 14.5 Å². The smallest absolute Gasteiger partial charge is 0.294 e. The van der Waals surface area contributed by atoms with Gasteiger partial charge in [0.15, 0.2) is 0 Å². The second-order valence-corrected chi connectivity index (χ2v) is 25.3. The van der Waals surface area contributed by atoms with Crippen LogP contribution in [0.1, 0.15) is 150 Å². The first-order valence-electron chi connectivity index (χ1n) is 21.1. The fourth-order valence-electron chi connectivity index (χ4n) is 7.03.